The third-order valence-corrected chi connectivity index (χ3v) is 6.00. The number of aromatic amines is 1. The van der Waals surface area contributed by atoms with E-state index in [-0.39, 0.29) is 22.0 Å². The fourth-order valence-corrected chi connectivity index (χ4v) is 4.32. The topological polar surface area (TPSA) is 134 Å². The van der Waals surface area contributed by atoms with Gasteiger partial charge in [-0.3, -0.25) is 9.82 Å². The number of rotatable bonds is 6. The number of benzene rings is 2. The van der Waals surface area contributed by atoms with Crippen LogP contribution in [0.1, 0.15) is 5.56 Å². The van der Waals surface area contributed by atoms with Crippen molar-refractivity contribution in [2.75, 3.05) is 4.72 Å². The van der Waals surface area contributed by atoms with Crippen molar-refractivity contribution in [1.82, 2.24) is 19.6 Å². The van der Waals surface area contributed by atoms with Gasteiger partial charge in [-0.2, -0.15) is 14.7 Å². The first-order chi connectivity index (χ1) is 14.9. The molecule has 13 heteroatoms. The minimum Gasteiger partial charge on any atom is -0.452 e. The van der Waals surface area contributed by atoms with Gasteiger partial charge in [0.25, 0.3) is 10.0 Å². The Balaban J connectivity index is 1.74. The van der Waals surface area contributed by atoms with Crippen LogP contribution >= 0.6 is 11.5 Å². The average molecular weight is 460 g/mol. The highest BCUT2D eigenvalue weighted by atomic mass is 32.2. The number of nitrogens with one attached hydrogen (secondary N) is 2. The Kier molecular flexibility index (Phi) is 5.32. The lowest BCUT2D eigenvalue weighted by atomic mass is 10.1. The van der Waals surface area contributed by atoms with Gasteiger partial charge in [-0.25, -0.2) is 22.2 Å². The van der Waals surface area contributed by atoms with Gasteiger partial charge in [-0.1, -0.05) is 0 Å². The van der Waals surface area contributed by atoms with E-state index >= 15 is 0 Å². The predicted molar refractivity (Wildman–Crippen MR) is 106 cm³/mol. The number of aromatic nitrogens is 4. The number of nitrogens with zero attached hydrogens (tertiary/aromatic N) is 4. The standard InChI is InChI=1S/C18H10F2N6O3S2/c19-11-1-2-16(13(6-11)15-3-4-23-25-15)29-17-10(8-21)5-12(7-14(17)20)31(27,28)26-18-22-9-24-30-18/h1-7,9H,(H,23,25)(H,22,24,26). The summed E-state index contributed by atoms with van der Waals surface area (Å²) in [7, 11) is -4.23. The van der Waals surface area contributed by atoms with Crippen LogP contribution in [0.5, 0.6) is 11.5 Å². The zero-order valence-corrected chi connectivity index (χ0v) is 16.8. The number of hydrogen-bond acceptors (Lipinski definition) is 8. The first-order valence-corrected chi connectivity index (χ1v) is 10.6. The van der Waals surface area contributed by atoms with Crippen LogP contribution in [-0.4, -0.2) is 28.0 Å². The van der Waals surface area contributed by atoms with E-state index in [2.05, 4.69) is 24.3 Å². The summed E-state index contributed by atoms with van der Waals surface area (Å²) in [5.74, 6) is -2.15. The number of sulfonamides is 1. The van der Waals surface area contributed by atoms with E-state index in [0.717, 1.165) is 36.1 Å². The molecule has 0 unspecified atom stereocenters. The van der Waals surface area contributed by atoms with Crippen LogP contribution in [0.15, 0.2) is 53.8 Å². The van der Waals surface area contributed by atoms with Crippen LogP contribution in [0.2, 0.25) is 0 Å². The number of nitriles is 1. The van der Waals surface area contributed by atoms with Gasteiger partial charge in [-0.15, -0.1) is 0 Å². The molecule has 2 aromatic carbocycles. The molecule has 0 bridgehead atoms. The first kappa shape index (κ1) is 20.4. The maximum absolute atomic E-state index is 14.9. The number of hydrogen-bond donors (Lipinski definition) is 2. The predicted octanol–water partition coefficient (Wildman–Crippen LogP) is 3.67. The Morgan fingerprint density at radius 3 is 2.71 bits per heavy atom. The average Bonchev–Trinajstić information content (AvgIpc) is 3.44. The SMILES string of the molecule is N#Cc1cc(S(=O)(=O)Nc2ncns2)cc(F)c1Oc1ccc(F)cc1-c1ccn[nH]1. The second-order valence-corrected chi connectivity index (χ2v) is 8.42. The van der Waals surface area contributed by atoms with E-state index in [1.165, 1.54) is 12.3 Å². The number of ether oxygens (including phenoxy) is 1. The van der Waals surface area contributed by atoms with Gasteiger partial charge in [0.15, 0.2) is 11.6 Å². The molecule has 4 aromatic rings. The summed E-state index contributed by atoms with van der Waals surface area (Å²) in [6.45, 7) is 0. The summed E-state index contributed by atoms with van der Waals surface area (Å²) in [6.07, 6.45) is 2.59. The van der Waals surface area contributed by atoms with Gasteiger partial charge in [0.05, 0.1) is 16.2 Å². The molecule has 31 heavy (non-hydrogen) atoms. The molecular formula is C18H10F2N6O3S2. The molecule has 9 nitrogen and oxygen atoms in total. The maximum atomic E-state index is 14.9. The van der Waals surface area contributed by atoms with Gasteiger partial charge in [0, 0.05) is 23.3 Å². The van der Waals surface area contributed by atoms with Crippen LogP contribution in [0.3, 0.4) is 0 Å². The molecule has 2 aromatic heterocycles. The molecule has 0 amide bonds. The lowest BCUT2D eigenvalue weighted by Gasteiger charge is -2.13. The lowest BCUT2D eigenvalue weighted by Crippen LogP contribution is -2.13. The van der Waals surface area contributed by atoms with Crippen LogP contribution in [-0.2, 0) is 10.0 Å². The summed E-state index contributed by atoms with van der Waals surface area (Å²) in [4.78, 5) is 3.20. The molecule has 0 aliphatic rings. The van der Waals surface area contributed by atoms with Crippen molar-refractivity contribution in [1.29, 1.82) is 5.26 Å². The van der Waals surface area contributed by atoms with E-state index < -0.39 is 32.3 Å². The van der Waals surface area contributed by atoms with E-state index in [9.17, 15) is 22.5 Å². The summed E-state index contributed by atoms with van der Waals surface area (Å²) in [6, 6.07) is 8.45. The van der Waals surface area contributed by atoms with Crippen molar-refractivity contribution in [3.8, 4) is 28.8 Å². The molecular weight excluding hydrogens is 450 g/mol. The van der Waals surface area contributed by atoms with Gasteiger partial charge in [-0.05, 0) is 36.4 Å². The highest BCUT2D eigenvalue weighted by Crippen LogP contribution is 2.36. The molecule has 0 saturated carbocycles. The van der Waals surface area contributed by atoms with Gasteiger partial charge >= 0.3 is 0 Å². The fourth-order valence-electron chi connectivity index (χ4n) is 2.62. The Morgan fingerprint density at radius 2 is 2.03 bits per heavy atom. The first-order valence-electron chi connectivity index (χ1n) is 8.37. The largest absolute Gasteiger partial charge is 0.452 e. The van der Waals surface area contributed by atoms with E-state index in [1.807, 2.05) is 0 Å². The summed E-state index contributed by atoms with van der Waals surface area (Å²) in [5, 5.41) is 15.9. The maximum Gasteiger partial charge on any atom is 0.263 e. The van der Waals surface area contributed by atoms with Crippen molar-refractivity contribution in [2.24, 2.45) is 0 Å². The van der Waals surface area contributed by atoms with E-state index in [0.29, 0.717) is 11.8 Å². The van der Waals surface area contributed by atoms with Crippen LogP contribution < -0.4 is 9.46 Å². The van der Waals surface area contributed by atoms with E-state index in [1.54, 1.807) is 12.1 Å². The quantitative estimate of drug-likeness (QED) is 0.448. The van der Waals surface area contributed by atoms with Crippen molar-refractivity contribution < 1.29 is 21.9 Å². The monoisotopic (exact) mass is 460 g/mol. The summed E-state index contributed by atoms with van der Waals surface area (Å²) < 4.78 is 65.0. The number of anilines is 1. The van der Waals surface area contributed by atoms with Gasteiger partial charge in [0.1, 0.15) is 24.0 Å². The normalized spacial score (nSPS) is 11.1. The highest BCUT2D eigenvalue weighted by Gasteiger charge is 2.23. The fraction of sp³-hybridized carbons (Fsp3) is 0. The van der Waals surface area contributed by atoms with Crippen molar-refractivity contribution in [2.45, 2.75) is 4.90 Å². The van der Waals surface area contributed by atoms with Crippen molar-refractivity contribution in [3.05, 3.63) is 66.1 Å². The van der Waals surface area contributed by atoms with Gasteiger partial charge < -0.3 is 4.74 Å². The molecule has 0 aliphatic heterocycles. The Labute approximate surface area is 178 Å². The second kappa shape index (κ2) is 8.09. The molecule has 0 radical (unpaired) electrons. The minimum absolute atomic E-state index is 0.0187. The molecule has 2 N–H and O–H groups in total. The number of halogens is 2. The molecule has 0 fully saturated rings. The minimum atomic E-state index is -4.23. The Hall–Kier alpha value is -3.89. The molecule has 0 saturated heterocycles. The molecule has 0 aliphatic carbocycles. The third-order valence-electron chi connectivity index (χ3n) is 3.98. The summed E-state index contributed by atoms with van der Waals surface area (Å²) in [5.41, 5.74) is 0.252. The zero-order valence-electron chi connectivity index (χ0n) is 15.2. The molecule has 0 atom stereocenters. The molecule has 2 heterocycles. The van der Waals surface area contributed by atoms with Gasteiger partial charge in [0.2, 0.25) is 5.13 Å². The zero-order chi connectivity index (χ0) is 22.0. The third kappa shape index (κ3) is 4.20. The number of H-pyrrole nitrogens is 1. The van der Waals surface area contributed by atoms with Crippen LogP contribution in [0, 0.1) is 23.0 Å². The Morgan fingerprint density at radius 1 is 1.19 bits per heavy atom. The Bertz CT molecular complexity index is 1380. The molecule has 4 rings (SSSR count). The van der Waals surface area contributed by atoms with Crippen LogP contribution in [0.25, 0.3) is 11.3 Å². The smallest absolute Gasteiger partial charge is 0.263 e. The second-order valence-electron chi connectivity index (χ2n) is 5.96. The molecule has 156 valence electrons. The van der Waals surface area contributed by atoms with Crippen molar-refractivity contribution in [3.63, 3.8) is 0 Å². The van der Waals surface area contributed by atoms with Crippen LogP contribution in [0.4, 0.5) is 13.9 Å². The van der Waals surface area contributed by atoms with Crippen molar-refractivity contribution >= 4 is 26.7 Å². The molecule has 0 spiro atoms. The van der Waals surface area contributed by atoms with E-state index in [4.69, 9.17) is 4.74 Å². The lowest BCUT2D eigenvalue weighted by molar-refractivity contribution is 0.439. The highest BCUT2D eigenvalue weighted by molar-refractivity contribution is 7.93. The summed E-state index contributed by atoms with van der Waals surface area (Å²) >= 11 is 0.791.